The van der Waals surface area contributed by atoms with Crippen molar-refractivity contribution in [1.82, 2.24) is 9.88 Å². The molecular weight excluding hydrogens is 294 g/mol. The molecule has 0 spiro atoms. The molecule has 6 nitrogen and oxygen atoms in total. The highest BCUT2D eigenvalue weighted by molar-refractivity contribution is 6.30. The van der Waals surface area contributed by atoms with Gasteiger partial charge in [-0.3, -0.25) is 9.69 Å². The van der Waals surface area contributed by atoms with E-state index in [4.69, 9.17) is 21.1 Å². The van der Waals surface area contributed by atoms with E-state index in [1.807, 2.05) is 0 Å². The maximum absolute atomic E-state index is 12.1. The number of nitrogens with zero attached hydrogens (tertiary/aromatic N) is 2. The number of carbonyl (C=O) groups is 1. The van der Waals surface area contributed by atoms with E-state index >= 15 is 0 Å². The van der Waals surface area contributed by atoms with Crippen LogP contribution in [-0.2, 0) is 14.3 Å². The quantitative estimate of drug-likeness (QED) is 0.860. The molecule has 1 aromatic rings. The Morgan fingerprint density at radius 3 is 2.95 bits per heavy atom. The Bertz CT molecular complexity index is 469. The molecule has 0 radical (unpaired) electrons. The maximum Gasteiger partial charge on any atom is 0.239 e. The lowest BCUT2D eigenvalue weighted by atomic mass is 10.2. The minimum Gasteiger partial charge on any atom is -0.383 e. The van der Waals surface area contributed by atoms with E-state index in [1.54, 1.807) is 26.4 Å². The summed E-state index contributed by atoms with van der Waals surface area (Å²) in [5.74, 6) is 0.387. The van der Waals surface area contributed by atoms with Gasteiger partial charge in [0.15, 0.2) is 0 Å². The lowest BCUT2D eigenvalue weighted by Crippen LogP contribution is -2.39. The molecule has 2 heterocycles. The SMILES string of the molecule is COC[C@@H]1C[C@@H](OC)CN1CC(=O)Nc1ccc(Cl)cn1. The normalized spacial score (nSPS) is 22.4. The van der Waals surface area contributed by atoms with Crippen LogP contribution in [0.1, 0.15) is 6.42 Å². The minimum atomic E-state index is -0.109. The van der Waals surface area contributed by atoms with E-state index in [1.165, 1.54) is 6.20 Å². The lowest BCUT2D eigenvalue weighted by molar-refractivity contribution is -0.117. The minimum absolute atomic E-state index is 0.109. The van der Waals surface area contributed by atoms with E-state index in [0.717, 1.165) is 13.0 Å². The van der Waals surface area contributed by atoms with Gasteiger partial charge in [0.25, 0.3) is 0 Å². The van der Waals surface area contributed by atoms with Crippen LogP contribution < -0.4 is 5.32 Å². The summed E-state index contributed by atoms with van der Waals surface area (Å²) in [7, 11) is 3.35. The number of rotatable bonds is 6. The van der Waals surface area contributed by atoms with Gasteiger partial charge in [-0.1, -0.05) is 11.6 Å². The smallest absolute Gasteiger partial charge is 0.239 e. The van der Waals surface area contributed by atoms with Crippen molar-refractivity contribution in [3.05, 3.63) is 23.4 Å². The zero-order chi connectivity index (χ0) is 15.2. The van der Waals surface area contributed by atoms with Crippen LogP contribution in [0.5, 0.6) is 0 Å². The molecule has 1 aromatic heterocycles. The van der Waals surface area contributed by atoms with Gasteiger partial charge < -0.3 is 14.8 Å². The highest BCUT2D eigenvalue weighted by Gasteiger charge is 2.33. The first kappa shape index (κ1) is 16.2. The molecule has 0 aliphatic carbocycles. The van der Waals surface area contributed by atoms with Crippen molar-refractivity contribution in [2.75, 3.05) is 39.2 Å². The number of likely N-dealkylation sites (tertiary alicyclic amines) is 1. The fourth-order valence-electron chi connectivity index (χ4n) is 2.48. The molecule has 7 heteroatoms. The Kier molecular flexibility index (Phi) is 5.93. The van der Waals surface area contributed by atoms with Crippen molar-refractivity contribution in [3.63, 3.8) is 0 Å². The van der Waals surface area contributed by atoms with Crippen molar-refractivity contribution in [3.8, 4) is 0 Å². The number of hydrogen-bond donors (Lipinski definition) is 1. The molecule has 1 saturated heterocycles. The molecule has 0 saturated carbocycles. The highest BCUT2D eigenvalue weighted by atomic mass is 35.5. The Morgan fingerprint density at radius 1 is 1.52 bits per heavy atom. The third-order valence-corrected chi connectivity index (χ3v) is 3.75. The number of halogens is 1. The van der Waals surface area contributed by atoms with Gasteiger partial charge in [-0.2, -0.15) is 0 Å². The van der Waals surface area contributed by atoms with Gasteiger partial charge in [-0.25, -0.2) is 4.98 Å². The zero-order valence-corrected chi connectivity index (χ0v) is 13.0. The van der Waals surface area contributed by atoms with Gasteiger partial charge in [0.1, 0.15) is 5.82 Å². The van der Waals surface area contributed by atoms with Gasteiger partial charge in [-0.05, 0) is 18.6 Å². The molecular formula is C14H20ClN3O3. The maximum atomic E-state index is 12.1. The predicted molar refractivity (Wildman–Crippen MR) is 80.5 cm³/mol. The number of aromatic nitrogens is 1. The second-order valence-corrected chi connectivity index (χ2v) is 5.48. The summed E-state index contributed by atoms with van der Waals surface area (Å²) in [6, 6.07) is 3.56. The Labute approximate surface area is 129 Å². The molecule has 1 aliphatic heterocycles. The Hall–Kier alpha value is -1.21. The Morgan fingerprint density at radius 2 is 2.33 bits per heavy atom. The van der Waals surface area contributed by atoms with Crippen molar-refractivity contribution >= 4 is 23.3 Å². The third-order valence-electron chi connectivity index (χ3n) is 3.52. The summed E-state index contributed by atoms with van der Waals surface area (Å²) in [6.45, 7) is 1.61. The molecule has 0 unspecified atom stereocenters. The van der Waals surface area contributed by atoms with Crippen molar-refractivity contribution in [2.24, 2.45) is 0 Å². The first-order valence-corrected chi connectivity index (χ1v) is 7.17. The number of pyridine rings is 1. The number of carbonyl (C=O) groups excluding carboxylic acids is 1. The number of anilines is 1. The fraction of sp³-hybridized carbons (Fsp3) is 0.571. The van der Waals surface area contributed by atoms with Crippen LogP contribution in [-0.4, -0.2) is 61.9 Å². The van der Waals surface area contributed by atoms with Crippen LogP contribution in [0.15, 0.2) is 18.3 Å². The summed E-state index contributed by atoms with van der Waals surface area (Å²) in [4.78, 5) is 18.2. The second kappa shape index (κ2) is 7.70. The summed E-state index contributed by atoms with van der Waals surface area (Å²) in [5, 5.41) is 3.30. The molecule has 1 aliphatic rings. The van der Waals surface area contributed by atoms with Gasteiger partial charge in [0, 0.05) is 33.0 Å². The molecule has 0 aromatic carbocycles. The van der Waals surface area contributed by atoms with E-state index in [9.17, 15) is 4.79 Å². The summed E-state index contributed by atoms with van der Waals surface area (Å²) < 4.78 is 10.6. The van der Waals surface area contributed by atoms with Crippen molar-refractivity contribution < 1.29 is 14.3 Å². The first-order valence-electron chi connectivity index (χ1n) is 6.79. The van der Waals surface area contributed by atoms with Crippen molar-refractivity contribution in [2.45, 2.75) is 18.6 Å². The fourth-order valence-corrected chi connectivity index (χ4v) is 2.60. The van der Waals surface area contributed by atoms with Crippen LogP contribution in [0.2, 0.25) is 5.02 Å². The number of hydrogen-bond acceptors (Lipinski definition) is 5. The van der Waals surface area contributed by atoms with Crippen LogP contribution in [0.25, 0.3) is 0 Å². The first-order chi connectivity index (χ1) is 10.1. The molecule has 1 fully saturated rings. The van der Waals surface area contributed by atoms with E-state index in [0.29, 0.717) is 17.4 Å². The van der Waals surface area contributed by atoms with Gasteiger partial charge in [0.05, 0.1) is 24.3 Å². The monoisotopic (exact) mass is 313 g/mol. The summed E-state index contributed by atoms with van der Waals surface area (Å²) in [5.41, 5.74) is 0. The standard InChI is InChI=1S/C14H20ClN3O3/c1-20-9-11-5-12(21-2)7-18(11)8-14(19)17-13-4-3-10(15)6-16-13/h3-4,6,11-12H,5,7-9H2,1-2H3,(H,16,17,19)/t11-,12+/m0/s1. The molecule has 21 heavy (non-hydrogen) atoms. The third kappa shape index (κ3) is 4.64. The number of amides is 1. The number of methoxy groups -OCH3 is 2. The van der Waals surface area contributed by atoms with Gasteiger partial charge in [0.2, 0.25) is 5.91 Å². The van der Waals surface area contributed by atoms with Crippen LogP contribution >= 0.6 is 11.6 Å². The average molecular weight is 314 g/mol. The van der Waals surface area contributed by atoms with Gasteiger partial charge in [-0.15, -0.1) is 0 Å². The molecule has 2 atom stereocenters. The number of nitrogens with one attached hydrogen (secondary N) is 1. The largest absolute Gasteiger partial charge is 0.383 e. The predicted octanol–water partition coefficient (Wildman–Crippen LogP) is 1.41. The molecule has 0 bridgehead atoms. The highest BCUT2D eigenvalue weighted by Crippen LogP contribution is 2.20. The summed E-state index contributed by atoms with van der Waals surface area (Å²) >= 11 is 5.76. The second-order valence-electron chi connectivity index (χ2n) is 5.04. The van der Waals surface area contributed by atoms with Crippen molar-refractivity contribution in [1.29, 1.82) is 0 Å². The lowest BCUT2D eigenvalue weighted by Gasteiger charge is -2.22. The van der Waals surface area contributed by atoms with Crippen LogP contribution in [0.4, 0.5) is 5.82 Å². The average Bonchev–Trinajstić information content (AvgIpc) is 2.84. The van der Waals surface area contributed by atoms with Crippen LogP contribution in [0, 0.1) is 0 Å². The molecule has 1 amide bonds. The topological polar surface area (TPSA) is 63.7 Å². The Balaban J connectivity index is 1.89. The van der Waals surface area contributed by atoms with E-state index in [2.05, 4.69) is 15.2 Å². The van der Waals surface area contributed by atoms with Gasteiger partial charge >= 0.3 is 0 Å². The molecule has 1 N–H and O–H groups in total. The molecule has 116 valence electrons. The number of ether oxygens (including phenoxy) is 2. The summed E-state index contributed by atoms with van der Waals surface area (Å²) in [6.07, 6.45) is 2.52. The van der Waals surface area contributed by atoms with Crippen LogP contribution in [0.3, 0.4) is 0 Å². The molecule has 2 rings (SSSR count). The zero-order valence-electron chi connectivity index (χ0n) is 12.2. The van der Waals surface area contributed by atoms with E-state index in [-0.39, 0.29) is 24.6 Å². The van der Waals surface area contributed by atoms with E-state index < -0.39 is 0 Å².